The van der Waals surface area contributed by atoms with Crippen LogP contribution in [0.4, 0.5) is 0 Å². The summed E-state index contributed by atoms with van der Waals surface area (Å²) < 4.78 is 0. The first kappa shape index (κ1) is 11.4. The fourth-order valence-electron chi connectivity index (χ4n) is 1.16. The summed E-state index contributed by atoms with van der Waals surface area (Å²) in [6.07, 6.45) is 2.44. The van der Waals surface area contributed by atoms with Gasteiger partial charge < -0.3 is 5.73 Å². The van der Waals surface area contributed by atoms with E-state index < -0.39 is 0 Å². The molecule has 0 aromatic carbocycles. The van der Waals surface area contributed by atoms with E-state index in [1.807, 2.05) is 13.0 Å². The first-order valence-corrected chi connectivity index (χ1v) is 6.11. The maximum atomic E-state index is 5.88. The Morgan fingerprint density at radius 2 is 2.25 bits per heavy atom. The molecule has 1 unspecified atom stereocenters. The van der Waals surface area contributed by atoms with Crippen LogP contribution >= 0.6 is 22.9 Å². The molecular weight excluding hydrogens is 244 g/mol. The smallest absolute Gasteiger partial charge is 0.166 e. The van der Waals surface area contributed by atoms with Crippen LogP contribution in [0.3, 0.4) is 0 Å². The van der Waals surface area contributed by atoms with Crippen molar-refractivity contribution >= 4 is 22.9 Å². The van der Waals surface area contributed by atoms with Crippen molar-refractivity contribution in [3.05, 3.63) is 28.4 Å². The second kappa shape index (κ2) is 4.86. The van der Waals surface area contributed by atoms with Crippen molar-refractivity contribution < 1.29 is 0 Å². The number of pyridine rings is 1. The summed E-state index contributed by atoms with van der Waals surface area (Å²) >= 11 is 7.23. The number of halogens is 1. The second-order valence-electron chi connectivity index (χ2n) is 3.32. The van der Waals surface area contributed by atoms with Crippen molar-refractivity contribution in [1.82, 2.24) is 15.2 Å². The van der Waals surface area contributed by atoms with Gasteiger partial charge in [0.25, 0.3) is 0 Å². The lowest BCUT2D eigenvalue weighted by atomic mass is 10.3. The molecule has 0 aliphatic carbocycles. The van der Waals surface area contributed by atoms with Crippen LogP contribution in [0.5, 0.6) is 0 Å². The van der Waals surface area contributed by atoms with E-state index in [2.05, 4.69) is 15.2 Å². The van der Waals surface area contributed by atoms with Crippen LogP contribution in [0.1, 0.15) is 24.4 Å². The Kier molecular flexibility index (Phi) is 3.48. The van der Waals surface area contributed by atoms with Gasteiger partial charge in [-0.15, -0.1) is 10.2 Å². The highest BCUT2D eigenvalue weighted by Crippen LogP contribution is 2.26. The topological polar surface area (TPSA) is 64.7 Å². The molecule has 0 spiro atoms. The van der Waals surface area contributed by atoms with Gasteiger partial charge in [-0.05, 0) is 18.6 Å². The summed E-state index contributed by atoms with van der Waals surface area (Å²) in [6.45, 7) is 2.02. The zero-order chi connectivity index (χ0) is 11.5. The Balaban J connectivity index is 2.28. The number of nitrogens with zero attached hydrogens (tertiary/aromatic N) is 3. The molecule has 0 fully saturated rings. The molecule has 0 saturated carbocycles. The van der Waals surface area contributed by atoms with Crippen LogP contribution in [-0.4, -0.2) is 15.2 Å². The summed E-state index contributed by atoms with van der Waals surface area (Å²) in [5.74, 6) is 0. The number of hydrogen-bond donors (Lipinski definition) is 1. The average Bonchev–Trinajstić information content (AvgIpc) is 2.78. The van der Waals surface area contributed by atoms with Crippen molar-refractivity contribution in [2.75, 3.05) is 0 Å². The monoisotopic (exact) mass is 254 g/mol. The number of aromatic nitrogens is 3. The number of hydrogen-bond acceptors (Lipinski definition) is 5. The lowest BCUT2D eigenvalue weighted by Crippen LogP contribution is -2.07. The van der Waals surface area contributed by atoms with Gasteiger partial charge >= 0.3 is 0 Å². The van der Waals surface area contributed by atoms with Gasteiger partial charge in [-0.3, -0.25) is 4.98 Å². The maximum Gasteiger partial charge on any atom is 0.166 e. The Hall–Kier alpha value is -1.04. The van der Waals surface area contributed by atoms with Crippen molar-refractivity contribution in [2.45, 2.75) is 19.4 Å². The molecule has 1 atom stereocenters. The number of nitrogens with two attached hydrogens (primary N) is 1. The molecular formula is C10H11ClN4S. The molecule has 2 rings (SSSR count). The normalized spacial score (nSPS) is 12.7. The Morgan fingerprint density at radius 3 is 2.88 bits per heavy atom. The molecule has 0 amide bonds. The van der Waals surface area contributed by atoms with E-state index in [9.17, 15) is 0 Å². The highest BCUT2D eigenvalue weighted by atomic mass is 35.5. The third kappa shape index (κ3) is 2.37. The van der Waals surface area contributed by atoms with Gasteiger partial charge in [-0.1, -0.05) is 29.9 Å². The van der Waals surface area contributed by atoms with Gasteiger partial charge in [-0.2, -0.15) is 0 Å². The Bertz CT molecular complexity index is 468. The predicted octanol–water partition coefficient (Wildman–Crippen LogP) is 2.66. The summed E-state index contributed by atoms with van der Waals surface area (Å²) in [6, 6.07) is 3.56. The van der Waals surface area contributed by atoms with Crippen LogP contribution in [-0.2, 0) is 0 Å². The third-order valence-electron chi connectivity index (χ3n) is 2.14. The van der Waals surface area contributed by atoms with Crippen molar-refractivity contribution in [2.24, 2.45) is 5.73 Å². The maximum absolute atomic E-state index is 5.88. The molecule has 2 aromatic rings. The first-order valence-electron chi connectivity index (χ1n) is 4.91. The summed E-state index contributed by atoms with van der Waals surface area (Å²) in [4.78, 5) is 4.18. The van der Waals surface area contributed by atoms with Gasteiger partial charge in [0.15, 0.2) is 5.01 Å². The second-order valence-corrected chi connectivity index (χ2v) is 4.77. The van der Waals surface area contributed by atoms with E-state index in [4.69, 9.17) is 17.3 Å². The molecule has 2 aromatic heterocycles. The fraction of sp³-hybridized carbons (Fsp3) is 0.300. The van der Waals surface area contributed by atoms with Gasteiger partial charge in [0.1, 0.15) is 10.7 Å². The van der Waals surface area contributed by atoms with E-state index in [0.717, 1.165) is 22.1 Å². The minimum absolute atomic E-state index is 0.0430. The predicted molar refractivity (Wildman–Crippen MR) is 65.4 cm³/mol. The molecule has 0 radical (unpaired) electrons. The molecule has 2 N–H and O–H groups in total. The van der Waals surface area contributed by atoms with Crippen molar-refractivity contribution in [3.63, 3.8) is 0 Å². The zero-order valence-corrected chi connectivity index (χ0v) is 10.3. The third-order valence-corrected chi connectivity index (χ3v) is 3.45. The minimum Gasteiger partial charge on any atom is -0.322 e. The Labute approximate surface area is 102 Å². The van der Waals surface area contributed by atoms with Gasteiger partial charge in [-0.25, -0.2) is 0 Å². The van der Waals surface area contributed by atoms with Crippen LogP contribution in [0.2, 0.25) is 5.02 Å². The number of rotatable bonds is 3. The molecule has 84 valence electrons. The van der Waals surface area contributed by atoms with Crippen LogP contribution < -0.4 is 5.73 Å². The van der Waals surface area contributed by atoms with E-state index in [1.54, 1.807) is 12.3 Å². The first-order chi connectivity index (χ1) is 7.70. The van der Waals surface area contributed by atoms with Crippen molar-refractivity contribution in [3.8, 4) is 10.7 Å². The van der Waals surface area contributed by atoms with Crippen LogP contribution in [0, 0.1) is 0 Å². The average molecular weight is 255 g/mol. The van der Waals surface area contributed by atoms with Crippen LogP contribution in [0.25, 0.3) is 10.7 Å². The summed E-state index contributed by atoms with van der Waals surface area (Å²) in [5.41, 5.74) is 6.65. The molecule has 4 nitrogen and oxygen atoms in total. The Morgan fingerprint density at radius 1 is 1.44 bits per heavy atom. The highest BCUT2D eigenvalue weighted by molar-refractivity contribution is 7.14. The molecule has 2 heterocycles. The van der Waals surface area contributed by atoms with Crippen molar-refractivity contribution in [1.29, 1.82) is 0 Å². The molecule has 0 saturated heterocycles. The summed E-state index contributed by atoms with van der Waals surface area (Å²) in [7, 11) is 0. The molecule has 6 heteroatoms. The lowest BCUT2D eigenvalue weighted by Gasteiger charge is -2.00. The fourth-order valence-corrected chi connectivity index (χ4v) is 2.18. The highest BCUT2D eigenvalue weighted by Gasteiger charge is 2.12. The molecule has 16 heavy (non-hydrogen) atoms. The van der Waals surface area contributed by atoms with E-state index >= 15 is 0 Å². The lowest BCUT2D eigenvalue weighted by molar-refractivity contribution is 0.683. The molecule has 0 aliphatic heterocycles. The van der Waals surface area contributed by atoms with Gasteiger partial charge in [0.2, 0.25) is 0 Å². The standard InChI is InChI=1S/C10H11ClN4S/c1-2-7(12)9-14-15-10(16-9)8-4-3-6(11)5-13-8/h3-5,7H,2,12H2,1H3. The quantitative estimate of drug-likeness (QED) is 0.915. The zero-order valence-electron chi connectivity index (χ0n) is 8.72. The molecule has 0 bridgehead atoms. The minimum atomic E-state index is -0.0430. The largest absolute Gasteiger partial charge is 0.322 e. The summed E-state index contributed by atoms with van der Waals surface area (Å²) in [5, 5.41) is 10.3. The van der Waals surface area contributed by atoms with E-state index in [1.165, 1.54) is 11.3 Å². The van der Waals surface area contributed by atoms with E-state index in [-0.39, 0.29) is 6.04 Å². The van der Waals surface area contributed by atoms with E-state index in [0.29, 0.717) is 5.02 Å². The van der Waals surface area contributed by atoms with Gasteiger partial charge in [0, 0.05) is 6.20 Å². The molecule has 0 aliphatic rings. The van der Waals surface area contributed by atoms with Gasteiger partial charge in [0.05, 0.1) is 11.1 Å². The SMILES string of the molecule is CCC(N)c1nnc(-c2ccc(Cl)cn2)s1. The van der Waals surface area contributed by atoms with Crippen LogP contribution in [0.15, 0.2) is 18.3 Å².